The summed E-state index contributed by atoms with van der Waals surface area (Å²) in [6, 6.07) is 6.20. The Hall–Kier alpha value is -2.58. The fourth-order valence-electron chi connectivity index (χ4n) is 4.17. The van der Waals surface area contributed by atoms with E-state index in [1.807, 2.05) is 19.2 Å². The molecule has 0 amide bonds. The number of fused-ring (bicyclic) bond motifs is 1. The molecule has 8 heteroatoms. The number of esters is 1. The summed E-state index contributed by atoms with van der Waals surface area (Å²) in [6.07, 6.45) is 4.13. The van der Waals surface area contributed by atoms with Gasteiger partial charge in [-0.1, -0.05) is 6.08 Å². The maximum absolute atomic E-state index is 14.6. The SMILES string of the molecule is COC(=O)c1cc(F)c(C2=CCN(C(C)c3cc4c(Br)ccnc4n3C)CC2)c(F)c1. The Morgan fingerprint density at radius 1 is 1.26 bits per heavy atom. The van der Waals surface area contributed by atoms with Crippen molar-refractivity contribution in [2.45, 2.75) is 19.4 Å². The van der Waals surface area contributed by atoms with E-state index in [1.165, 1.54) is 7.11 Å². The van der Waals surface area contributed by atoms with Gasteiger partial charge in [-0.15, -0.1) is 0 Å². The molecule has 3 aromatic rings. The van der Waals surface area contributed by atoms with Crippen molar-refractivity contribution in [3.8, 4) is 0 Å². The Balaban J connectivity index is 1.58. The van der Waals surface area contributed by atoms with Gasteiger partial charge < -0.3 is 9.30 Å². The minimum absolute atomic E-state index is 0.0716. The molecule has 0 saturated carbocycles. The number of aromatic nitrogens is 2. The van der Waals surface area contributed by atoms with E-state index < -0.39 is 17.6 Å². The molecule has 1 atom stereocenters. The van der Waals surface area contributed by atoms with Gasteiger partial charge in [0.25, 0.3) is 0 Å². The molecule has 4 rings (SSSR count). The monoisotopic (exact) mass is 489 g/mol. The number of nitrogens with zero attached hydrogens (tertiary/aromatic N) is 3. The molecular weight excluding hydrogens is 468 g/mol. The van der Waals surface area contributed by atoms with Crippen LogP contribution >= 0.6 is 15.9 Å². The van der Waals surface area contributed by atoms with E-state index in [4.69, 9.17) is 0 Å². The van der Waals surface area contributed by atoms with Crippen LogP contribution in [0.2, 0.25) is 0 Å². The number of carbonyl (C=O) groups is 1. The van der Waals surface area contributed by atoms with Gasteiger partial charge in [0, 0.05) is 53.5 Å². The zero-order valence-corrected chi connectivity index (χ0v) is 19.0. The summed E-state index contributed by atoms with van der Waals surface area (Å²) in [6.45, 7) is 3.33. The van der Waals surface area contributed by atoms with Crippen LogP contribution in [0.15, 0.2) is 41.0 Å². The van der Waals surface area contributed by atoms with E-state index in [9.17, 15) is 13.6 Å². The first-order chi connectivity index (χ1) is 14.8. The number of ether oxygens (including phenoxy) is 1. The summed E-state index contributed by atoms with van der Waals surface area (Å²) in [4.78, 5) is 18.3. The van der Waals surface area contributed by atoms with Crippen molar-refractivity contribution in [3.63, 3.8) is 0 Å². The van der Waals surface area contributed by atoms with Gasteiger partial charge in [-0.3, -0.25) is 4.90 Å². The predicted molar refractivity (Wildman–Crippen MR) is 119 cm³/mol. The van der Waals surface area contributed by atoms with Gasteiger partial charge in [-0.2, -0.15) is 0 Å². The Morgan fingerprint density at radius 3 is 2.55 bits per heavy atom. The highest BCUT2D eigenvalue weighted by Crippen LogP contribution is 2.34. The lowest BCUT2D eigenvalue weighted by Crippen LogP contribution is -2.32. The average molecular weight is 490 g/mol. The molecule has 1 aliphatic rings. The first-order valence-electron chi connectivity index (χ1n) is 9.92. The number of aryl methyl sites for hydroxylation is 1. The topological polar surface area (TPSA) is 47.4 Å². The smallest absolute Gasteiger partial charge is 0.338 e. The second-order valence-electron chi connectivity index (χ2n) is 7.62. The Labute approximate surface area is 187 Å². The van der Waals surface area contributed by atoms with Crippen molar-refractivity contribution < 1.29 is 18.3 Å². The van der Waals surface area contributed by atoms with Crippen LogP contribution in [0.25, 0.3) is 16.6 Å². The van der Waals surface area contributed by atoms with Crippen LogP contribution in [0.4, 0.5) is 8.78 Å². The molecule has 0 N–H and O–H groups in total. The van der Waals surface area contributed by atoms with Gasteiger partial charge in [0.05, 0.1) is 12.7 Å². The van der Waals surface area contributed by atoms with E-state index in [0.717, 1.165) is 33.3 Å². The van der Waals surface area contributed by atoms with Crippen molar-refractivity contribution >= 4 is 38.5 Å². The lowest BCUT2D eigenvalue weighted by Gasteiger charge is -2.32. The minimum atomic E-state index is -0.766. The van der Waals surface area contributed by atoms with Gasteiger partial charge in [-0.25, -0.2) is 18.6 Å². The van der Waals surface area contributed by atoms with E-state index in [2.05, 4.69) is 48.1 Å². The molecule has 5 nitrogen and oxygen atoms in total. The molecule has 31 heavy (non-hydrogen) atoms. The zero-order valence-electron chi connectivity index (χ0n) is 17.5. The van der Waals surface area contributed by atoms with Crippen molar-refractivity contribution in [1.29, 1.82) is 0 Å². The molecule has 0 aliphatic carbocycles. The maximum Gasteiger partial charge on any atom is 0.338 e. The van der Waals surface area contributed by atoms with Gasteiger partial charge in [0.2, 0.25) is 0 Å². The van der Waals surface area contributed by atoms with Crippen LogP contribution in [-0.2, 0) is 11.8 Å². The highest BCUT2D eigenvalue weighted by Gasteiger charge is 2.25. The molecule has 0 fully saturated rings. The standard InChI is InChI=1S/C23H22BrF2N3O2/c1-13(20-12-16-17(24)4-7-27-22(16)28(20)2)29-8-5-14(6-9-29)21-18(25)10-15(11-19(21)26)23(30)31-3/h4-5,7,10-13H,6,8-9H2,1-3H3. The number of rotatable bonds is 4. The van der Waals surface area contributed by atoms with Crippen LogP contribution in [0.5, 0.6) is 0 Å². The van der Waals surface area contributed by atoms with E-state index in [-0.39, 0.29) is 17.2 Å². The van der Waals surface area contributed by atoms with Crippen molar-refractivity contribution in [3.05, 3.63) is 69.5 Å². The normalized spacial score (nSPS) is 15.7. The van der Waals surface area contributed by atoms with E-state index in [0.29, 0.717) is 25.1 Å². The molecule has 1 unspecified atom stereocenters. The highest BCUT2D eigenvalue weighted by molar-refractivity contribution is 9.10. The third kappa shape index (κ3) is 3.90. The number of pyridine rings is 1. The molecule has 0 radical (unpaired) electrons. The zero-order chi connectivity index (χ0) is 22.3. The molecule has 1 aliphatic heterocycles. The fourth-order valence-corrected chi connectivity index (χ4v) is 4.58. The largest absolute Gasteiger partial charge is 0.465 e. The number of hydrogen-bond donors (Lipinski definition) is 0. The van der Waals surface area contributed by atoms with Crippen molar-refractivity contribution in [2.75, 3.05) is 20.2 Å². The highest BCUT2D eigenvalue weighted by atomic mass is 79.9. The quantitative estimate of drug-likeness (QED) is 0.469. The average Bonchev–Trinajstić information content (AvgIpc) is 3.10. The number of methoxy groups -OCH3 is 1. The Bertz CT molecular complexity index is 1180. The molecule has 0 bridgehead atoms. The van der Waals surface area contributed by atoms with Crippen molar-refractivity contribution in [2.24, 2.45) is 7.05 Å². The maximum atomic E-state index is 14.6. The summed E-state index contributed by atoms with van der Waals surface area (Å²) in [5, 5.41) is 1.05. The summed E-state index contributed by atoms with van der Waals surface area (Å²) >= 11 is 3.58. The Kier molecular flexibility index (Phi) is 5.94. The number of hydrogen-bond acceptors (Lipinski definition) is 4. The summed E-state index contributed by atoms with van der Waals surface area (Å²) < 4.78 is 36.8. The van der Waals surface area contributed by atoms with Crippen LogP contribution in [0, 0.1) is 11.6 Å². The van der Waals surface area contributed by atoms with Gasteiger partial charge in [0.15, 0.2) is 0 Å². The van der Waals surface area contributed by atoms with Gasteiger partial charge in [-0.05, 0) is 59.1 Å². The fraction of sp³-hybridized carbons (Fsp3) is 0.304. The van der Waals surface area contributed by atoms with Crippen LogP contribution in [-0.4, -0.2) is 40.6 Å². The summed E-state index contributed by atoms with van der Waals surface area (Å²) in [5.74, 6) is -2.27. The van der Waals surface area contributed by atoms with Crippen molar-refractivity contribution in [1.82, 2.24) is 14.5 Å². The van der Waals surface area contributed by atoms with Gasteiger partial charge >= 0.3 is 5.97 Å². The molecule has 162 valence electrons. The second-order valence-corrected chi connectivity index (χ2v) is 8.47. The van der Waals surface area contributed by atoms with Gasteiger partial charge in [0.1, 0.15) is 17.3 Å². The summed E-state index contributed by atoms with van der Waals surface area (Å²) in [7, 11) is 3.17. The molecular formula is C23H22BrF2N3O2. The summed E-state index contributed by atoms with van der Waals surface area (Å²) in [5.41, 5.74) is 2.42. The van der Waals surface area contributed by atoms with E-state index >= 15 is 0 Å². The molecule has 2 aromatic heterocycles. The minimum Gasteiger partial charge on any atom is -0.465 e. The molecule has 0 saturated heterocycles. The molecule has 1 aromatic carbocycles. The molecule has 0 spiro atoms. The van der Waals surface area contributed by atoms with Crippen LogP contribution in [0.3, 0.4) is 0 Å². The Morgan fingerprint density at radius 2 is 1.97 bits per heavy atom. The van der Waals surface area contributed by atoms with E-state index in [1.54, 1.807) is 6.20 Å². The first kappa shape index (κ1) is 21.6. The lowest BCUT2D eigenvalue weighted by atomic mass is 9.96. The molecule has 3 heterocycles. The van der Waals surface area contributed by atoms with Crippen LogP contribution in [0.1, 0.15) is 41.0 Å². The lowest BCUT2D eigenvalue weighted by molar-refractivity contribution is 0.0599. The third-order valence-corrected chi connectivity index (χ3v) is 6.61. The van der Waals surface area contributed by atoms with Crippen LogP contribution < -0.4 is 0 Å². The first-order valence-corrected chi connectivity index (χ1v) is 10.7. The predicted octanol–water partition coefficient (Wildman–Crippen LogP) is 5.25. The third-order valence-electron chi connectivity index (χ3n) is 5.91. The number of halogens is 3. The number of carbonyl (C=O) groups excluding carboxylic acids is 1. The number of benzene rings is 1. The second kappa shape index (κ2) is 8.51.